The lowest BCUT2D eigenvalue weighted by Gasteiger charge is -2.66. The molecular formula is C13H22. The van der Waals surface area contributed by atoms with E-state index in [4.69, 9.17) is 0 Å². The first-order chi connectivity index (χ1) is 6.10. The van der Waals surface area contributed by atoms with Crippen LogP contribution >= 0.6 is 0 Å². The van der Waals surface area contributed by atoms with Crippen molar-refractivity contribution in [1.29, 1.82) is 0 Å². The Balaban J connectivity index is 1.79. The lowest BCUT2D eigenvalue weighted by Crippen LogP contribution is -2.58. The van der Waals surface area contributed by atoms with Crippen LogP contribution < -0.4 is 0 Å². The largest absolute Gasteiger partial charge is 0.0623 e. The Hall–Kier alpha value is 0. The van der Waals surface area contributed by atoms with Gasteiger partial charge in [0, 0.05) is 0 Å². The molecule has 74 valence electrons. The van der Waals surface area contributed by atoms with E-state index in [1.807, 2.05) is 0 Å². The topological polar surface area (TPSA) is 0 Å². The lowest BCUT2D eigenvalue weighted by molar-refractivity contribution is -0.166. The maximum Gasteiger partial charge on any atom is -0.0297 e. The van der Waals surface area contributed by atoms with Gasteiger partial charge in [-0.1, -0.05) is 20.8 Å². The minimum absolute atomic E-state index is 0.692. The standard InChI is InChI=1S/C13H22/c1-8(2)13(3)6-10-4-9-5-11(7-13)12(9)10/h8-12H,4-7H2,1-3H3. The van der Waals surface area contributed by atoms with E-state index in [0.29, 0.717) is 5.41 Å². The highest BCUT2D eigenvalue weighted by molar-refractivity contribution is 5.08. The van der Waals surface area contributed by atoms with Gasteiger partial charge >= 0.3 is 0 Å². The molecule has 0 nitrogen and oxygen atoms in total. The minimum Gasteiger partial charge on any atom is -0.0623 e. The molecule has 3 fully saturated rings. The van der Waals surface area contributed by atoms with Gasteiger partial charge in [-0.25, -0.2) is 0 Å². The second kappa shape index (κ2) is 2.32. The van der Waals surface area contributed by atoms with Crippen LogP contribution in [0.1, 0.15) is 46.5 Å². The molecule has 0 heterocycles. The van der Waals surface area contributed by atoms with Gasteiger partial charge < -0.3 is 0 Å². The van der Waals surface area contributed by atoms with Gasteiger partial charge in [0.25, 0.3) is 0 Å². The molecule has 0 spiro atoms. The SMILES string of the molecule is CC(C)C1(C)CC2CC3CC(C1)C32. The van der Waals surface area contributed by atoms with Crippen molar-refractivity contribution in [3.8, 4) is 0 Å². The van der Waals surface area contributed by atoms with Crippen LogP contribution in [-0.4, -0.2) is 0 Å². The Bertz CT molecular complexity index is 212. The molecule has 3 rings (SSSR count). The zero-order chi connectivity index (χ0) is 9.22. The van der Waals surface area contributed by atoms with E-state index in [2.05, 4.69) is 20.8 Å². The van der Waals surface area contributed by atoms with Gasteiger partial charge in [0.15, 0.2) is 0 Å². The molecule has 3 aliphatic rings. The van der Waals surface area contributed by atoms with E-state index in [1.54, 1.807) is 25.7 Å². The molecule has 2 atom stereocenters. The van der Waals surface area contributed by atoms with Crippen molar-refractivity contribution in [2.75, 3.05) is 0 Å². The quantitative estimate of drug-likeness (QED) is 0.574. The maximum absolute atomic E-state index is 2.54. The highest BCUT2D eigenvalue weighted by Gasteiger charge is 2.59. The third kappa shape index (κ3) is 0.926. The molecule has 0 aliphatic heterocycles. The predicted molar refractivity (Wildman–Crippen MR) is 55.4 cm³/mol. The van der Waals surface area contributed by atoms with Crippen molar-refractivity contribution in [1.82, 2.24) is 0 Å². The van der Waals surface area contributed by atoms with Crippen LogP contribution in [0.3, 0.4) is 0 Å². The molecule has 0 aromatic heterocycles. The third-order valence-electron chi connectivity index (χ3n) is 5.69. The van der Waals surface area contributed by atoms with Crippen LogP contribution in [0.25, 0.3) is 0 Å². The molecule has 2 unspecified atom stereocenters. The molecule has 0 N–H and O–H groups in total. The first-order valence-corrected chi connectivity index (χ1v) is 6.10. The number of hydrogen-bond donors (Lipinski definition) is 0. The normalized spacial score (nSPS) is 58.2. The summed E-state index contributed by atoms with van der Waals surface area (Å²) >= 11 is 0. The van der Waals surface area contributed by atoms with Crippen LogP contribution in [0.4, 0.5) is 0 Å². The molecule has 0 radical (unpaired) electrons. The molecule has 0 aromatic rings. The van der Waals surface area contributed by atoms with Gasteiger partial charge in [0.1, 0.15) is 0 Å². The van der Waals surface area contributed by atoms with E-state index >= 15 is 0 Å². The van der Waals surface area contributed by atoms with E-state index in [-0.39, 0.29) is 0 Å². The summed E-state index contributed by atoms with van der Waals surface area (Å²) in [5, 5.41) is 0. The van der Waals surface area contributed by atoms with Crippen molar-refractivity contribution in [2.24, 2.45) is 35.0 Å². The Morgan fingerprint density at radius 3 is 1.92 bits per heavy atom. The summed E-state index contributed by atoms with van der Waals surface area (Å²) in [5.41, 5.74) is 0.692. The Kier molecular flexibility index (Phi) is 1.49. The first-order valence-electron chi connectivity index (χ1n) is 6.10. The molecule has 13 heavy (non-hydrogen) atoms. The van der Waals surface area contributed by atoms with Gasteiger partial charge in [-0.3, -0.25) is 0 Å². The van der Waals surface area contributed by atoms with E-state index in [1.165, 1.54) is 11.8 Å². The number of rotatable bonds is 1. The molecule has 0 bridgehead atoms. The Morgan fingerprint density at radius 2 is 1.54 bits per heavy atom. The summed E-state index contributed by atoms with van der Waals surface area (Å²) in [6.45, 7) is 7.39. The van der Waals surface area contributed by atoms with Crippen LogP contribution in [-0.2, 0) is 0 Å². The predicted octanol–water partition coefficient (Wildman–Crippen LogP) is 3.71. The monoisotopic (exact) mass is 178 g/mol. The average molecular weight is 178 g/mol. The van der Waals surface area contributed by atoms with E-state index in [9.17, 15) is 0 Å². The molecule has 0 heteroatoms. The van der Waals surface area contributed by atoms with Gasteiger partial charge in [-0.15, -0.1) is 0 Å². The molecule has 0 amide bonds. The second-order valence-corrected chi connectivity index (χ2v) is 6.55. The molecule has 3 saturated carbocycles. The van der Waals surface area contributed by atoms with Gasteiger partial charge in [-0.05, 0) is 60.7 Å². The van der Waals surface area contributed by atoms with E-state index in [0.717, 1.165) is 17.8 Å². The van der Waals surface area contributed by atoms with Crippen LogP contribution in [0.2, 0.25) is 0 Å². The third-order valence-corrected chi connectivity index (χ3v) is 5.69. The first kappa shape index (κ1) is 8.32. The van der Waals surface area contributed by atoms with Crippen molar-refractivity contribution in [3.05, 3.63) is 0 Å². The molecular weight excluding hydrogens is 156 g/mol. The minimum atomic E-state index is 0.692. The smallest absolute Gasteiger partial charge is 0.0297 e. The van der Waals surface area contributed by atoms with Crippen molar-refractivity contribution < 1.29 is 0 Å². The summed E-state index contributed by atoms with van der Waals surface area (Å²) in [6.07, 6.45) is 6.26. The molecule has 3 aliphatic carbocycles. The molecule has 0 aromatic carbocycles. The zero-order valence-electron chi connectivity index (χ0n) is 9.22. The Morgan fingerprint density at radius 1 is 1.00 bits per heavy atom. The van der Waals surface area contributed by atoms with Crippen molar-refractivity contribution >= 4 is 0 Å². The van der Waals surface area contributed by atoms with Crippen LogP contribution in [0.5, 0.6) is 0 Å². The summed E-state index contributed by atoms with van der Waals surface area (Å²) in [4.78, 5) is 0. The van der Waals surface area contributed by atoms with Crippen LogP contribution in [0, 0.1) is 35.0 Å². The summed E-state index contributed by atoms with van der Waals surface area (Å²) < 4.78 is 0. The fourth-order valence-electron chi connectivity index (χ4n) is 4.46. The zero-order valence-corrected chi connectivity index (χ0v) is 9.22. The molecule has 0 saturated heterocycles. The lowest BCUT2D eigenvalue weighted by atomic mass is 9.39. The van der Waals surface area contributed by atoms with Gasteiger partial charge in [0.05, 0.1) is 0 Å². The fraction of sp³-hybridized carbons (Fsp3) is 1.00. The van der Waals surface area contributed by atoms with E-state index < -0.39 is 0 Å². The van der Waals surface area contributed by atoms with Gasteiger partial charge in [0.2, 0.25) is 0 Å². The summed E-state index contributed by atoms with van der Waals surface area (Å²) in [6, 6.07) is 0. The van der Waals surface area contributed by atoms with Crippen molar-refractivity contribution in [3.63, 3.8) is 0 Å². The van der Waals surface area contributed by atoms with Gasteiger partial charge in [-0.2, -0.15) is 0 Å². The Labute approximate surface area is 82.1 Å². The average Bonchev–Trinajstić information content (AvgIpc) is 1.96. The van der Waals surface area contributed by atoms with Crippen molar-refractivity contribution in [2.45, 2.75) is 46.5 Å². The highest BCUT2D eigenvalue weighted by Crippen LogP contribution is 2.67. The summed E-state index contributed by atoms with van der Waals surface area (Å²) in [7, 11) is 0. The highest BCUT2D eigenvalue weighted by atomic mass is 14.6. The maximum atomic E-state index is 2.54. The number of hydrogen-bond acceptors (Lipinski definition) is 0. The second-order valence-electron chi connectivity index (χ2n) is 6.55. The van der Waals surface area contributed by atoms with Crippen LogP contribution in [0.15, 0.2) is 0 Å². The summed E-state index contributed by atoms with van der Waals surface area (Å²) in [5.74, 6) is 5.57. The fourth-order valence-corrected chi connectivity index (χ4v) is 4.46.